The highest BCUT2D eigenvalue weighted by Crippen LogP contribution is 2.37. The molecule has 2 heterocycles. The zero-order valence-electron chi connectivity index (χ0n) is 14.7. The summed E-state index contributed by atoms with van der Waals surface area (Å²) in [7, 11) is -3.49. The lowest BCUT2D eigenvalue weighted by Gasteiger charge is -2.39. The van der Waals surface area contributed by atoms with E-state index >= 15 is 0 Å². The van der Waals surface area contributed by atoms with Gasteiger partial charge < -0.3 is 9.64 Å². The van der Waals surface area contributed by atoms with Crippen LogP contribution in [0.1, 0.15) is 31.2 Å². The molecule has 7 heteroatoms. The van der Waals surface area contributed by atoms with Crippen molar-refractivity contribution in [1.82, 2.24) is 9.62 Å². The van der Waals surface area contributed by atoms with E-state index in [-0.39, 0.29) is 16.2 Å². The Hall–Kier alpha value is -1.44. The van der Waals surface area contributed by atoms with Crippen molar-refractivity contribution in [2.75, 3.05) is 32.8 Å². The normalized spacial score (nSPS) is 24.2. The van der Waals surface area contributed by atoms with E-state index in [4.69, 9.17) is 4.74 Å². The zero-order valence-corrected chi connectivity index (χ0v) is 15.5. The molecule has 0 bridgehead atoms. The summed E-state index contributed by atoms with van der Waals surface area (Å²) in [4.78, 5) is 14.3. The number of hydrogen-bond donors (Lipinski definition) is 1. The van der Waals surface area contributed by atoms with E-state index in [2.05, 4.69) is 4.72 Å². The summed E-state index contributed by atoms with van der Waals surface area (Å²) in [5.41, 5.74) is 1.14. The van der Waals surface area contributed by atoms with Gasteiger partial charge in [-0.25, -0.2) is 13.1 Å². The maximum atomic E-state index is 12.3. The number of carbonyl (C=O) groups is 1. The highest BCUT2D eigenvalue weighted by atomic mass is 32.2. The van der Waals surface area contributed by atoms with Crippen LogP contribution in [-0.4, -0.2) is 52.1 Å². The molecule has 2 fully saturated rings. The van der Waals surface area contributed by atoms with Gasteiger partial charge in [-0.05, 0) is 38.3 Å². The second kappa shape index (κ2) is 7.43. The number of piperidine rings is 1. The smallest absolute Gasteiger partial charge is 0.240 e. The largest absolute Gasteiger partial charge is 0.381 e. The molecule has 1 aromatic rings. The van der Waals surface area contributed by atoms with Crippen LogP contribution in [0, 0.1) is 12.3 Å². The number of benzene rings is 1. The summed E-state index contributed by atoms with van der Waals surface area (Å²) in [6, 6.07) is 6.78. The molecule has 0 saturated carbocycles. The molecule has 1 spiro atoms. The van der Waals surface area contributed by atoms with Crippen LogP contribution >= 0.6 is 0 Å². The minimum absolute atomic E-state index is 0.120. The van der Waals surface area contributed by atoms with Gasteiger partial charge in [0.15, 0.2) is 0 Å². The molecular formula is C18H26N2O4S. The fourth-order valence-electron chi connectivity index (χ4n) is 3.55. The number of hydrogen-bond acceptors (Lipinski definition) is 4. The van der Waals surface area contributed by atoms with Crippen LogP contribution in [0.4, 0.5) is 0 Å². The number of nitrogens with zero attached hydrogens (tertiary/aromatic N) is 1. The Morgan fingerprint density at radius 1 is 1.24 bits per heavy atom. The molecule has 0 aliphatic carbocycles. The molecule has 1 atom stereocenters. The van der Waals surface area contributed by atoms with Crippen LogP contribution in [0.25, 0.3) is 0 Å². The number of ether oxygens (including phenoxy) is 1. The van der Waals surface area contributed by atoms with Gasteiger partial charge in [0.25, 0.3) is 0 Å². The molecule has 0 unspecified atom stereocenters. The topological polar surface area (TPSA) is 75.7 Å². The number of nitrogens with one attached hydrogen (secondary N) is 1. The van der Waals surface area contributed by atoms with Gasteiger partial charge in [0.05, 0.1) is 11.5 Å². The maximum Gasteiger partial charge on any atom is 0.240 e. The van der Waals surface area contributed by atoms with E-state index in [9.17, 15) is 13.2 Å². The minimum Gasteiger partial charge on any atom is -0.381 e. The molecule has 3 rings (SSSR count). The van der Waals surface area contributed by atoms with Crippen LogP contribution in [0.15, 0.2) is 29.2 Å². The van der Waals surface area contributed by atoms with Gasteiger partial charge in [0.1, 0.15) is 0 Å². The van der Waals surface area contributed by atoms with Crippen molar-refractivity contribution in [2.45, 2.75) is 37.5 Å². The molecule has 1 amide bonds. The Balaban J connectivity index is 1.49. The molecule has 6 nitrogen and oxygen atoms in total. The summed E-state index contributed by atoms with van der Waals surface area (Å²) in [6.07, 6.45) is 3.09. The number of likely N-dealkylation sites (tertiary alicyclic amines) is 1. The lowest BCUT2D eigenvalue weighted by Crippen LogP contribution is -2.47. The summed E-state index contributed by atoms with van der Waals surface area (Å²) in [6.45, 7) is 5.06. The van der Waals surface area contributed by atoms with Gasteiger partial charge in [-0.3, -0.25) is 4.79 Å². The third-order valence-corrected chi connectivity index (χ3v) is 6.64. The molecule has 0 aromatic heterocycles. The number of carbonyl (C=O) groups excluding carboxylic acids is 1. The van der Waals surface area contributed by atoms with Gasteiger partial charge in [0.2, 0.25) is 15.9 Å². The quantitative estimate of drug-likeness (QED) is 0.778. The van der Waals surface area contributed by atoms with E-state index in [0.29, 0.717) is 25.9 Å². The fourth-order valence-corrected chi connectivity index (χ4v) is 4.63. The second-order valence-electron chi connectivity index (χ2n) is 7.18. The average molecular weight is 366 g/mol. The predicted octanol–water partition coefficient (Wildman–Crippen LogP) is 1.69. The lowest BCUT2D eigenvalue weighted by atomic mass is 9.79. The molecule has 2 aliphatic rings. The van der Waals surface area contributed by atoms with E-state index in [1.807, 2.05) is 11.8 Å². The van der Waals surface area contributed by atoms with Crippen LogP contribution in [0.3, 0.4) is 0 Å². The lowest BCUT2D eigenvalue weighted by molar-refractivity contribution is -0.137. The Morgan fingerprint density at radius 2 is 2.00 bits per heavy atom. The van der Waals surface area contributed by atoms with Crippen molar-refractivity contribution in [3.05, 3.63) is 29.8 Å². The van der Waals surface area contributed by atoms with E-state index in [1.165, 1.54) is 0 Å². The van der Waals surface area contributed by atoms with Crippen LogP contribution in [-0.2, 0) is 19.6 Å². The number of aryl methyl sites for hydroxylation is 1. The summed E-state index contributed by atoms with van der Waals surface area (Å²) < 4.78 is 32.6. The van der Waals surface area contributed by atoms with Crippen molar-refractivity contribution < 1.29 is 17.9 Å². The number of sulfonamides is 1. The zero-order chi connectivity index (χ0) is 17.9. The average Bonchev–Trinajstić information content (AvgIpc) is 3.03. The monoisotopic (exact) mass is 366 g/mol. The SMILES string of the molecule is Cc1ccc(S(=O)(=O)NCCCN2C[C@]3(CCOC3)CCC2=O)cc1. The highest BCUT2D eigenvalue weighted by molar-refractivity contribution is 7.89. The Labute approximate surface area is 149 Å². The predicted molar refractivity (Wildman–Crippen MR) is 94.7 cm³/mol. The summed E-state index contributed by atoms with van der Waals surface area (Å²) in [5.74, 6) is 0.166. The van der Waals surface area contributed by atoms with Crippen molar-refractivity contribution in [1.29, 1.82) is 0 Å². The van der Waals surface area contributed by atoms with Crippen molar-refractivity contribution in [3.8, 4) is 0 Å². The first-order valence-corrected chi connectivity index (χ1v) is 10.3. The van der Waals surface area contributed by atoms with Crippen molar-refractivity contribution in [3.63, 3.8) is 0 Å². The minimum atomic E-state index is -3.49. The van der Waals surface area contributed by atoms with Crippen LogP contribution in [0.2, 0.25) is 0 Å². The van der Waals surface area contributed by atoms with E-state index < -0.39 is 10.0 Å². The van der Waals surface area contributed by atoms with Gasteiger partial charge >= 0.3 is 0 Å². The Kier molecular flexibility index (Phi) is 5.46. The van der Waals surface area contributed by atoms with Crippen molar-refractivity contribution in [2.24, 2.45) is 5.41 Å². The van der Waals surface area contributed by atoms with Crippen molar-refractivity contribution >= 4 is 15.9 Å². The molecule has 1 aromatic carbocycles. The fraction of sp³-hybridized carbons (Fsp3) is 0.611. The summed E-state index contributed by atoms with van der Waals surface area (Å²) >= 11 is 0. The molecular weight excluding hydrogens is 340 g/mol. The van der Waals surface area contributed by atoms with Gasteiger partial charge in [-0.2, -0.15) is 0 Å². The van der Waals surface area contributed by atoms with Crippen LogP contribution < -0.4 is 4.72 Å². The molecule has 1 N–H and O–H groups in total. The highest BCUT2D eigenvalue weighted by Gasteiger charge is 2.41. The first-order chi connectivity index (χ1) is 11.9. The second-order valence-corrected chi connectivity index (χ2v) is 8.95. The first kappa shape index (κ1) is 18.4. The molecule has 2 saturated heterocycles. The molecule has 2 aliphatic heterocycles. The number of amides is 1. The first-order valence-electron chi connectivity index (χ1n) is 8.82. The van der Waals surface area contributed by atoms with E-state index in [0.717, 1.165) is 38.2 Å². The molecule has 138 valence electrons. The third-order valence-electron chi connectivity index (χ3n) is 5.16. The van der Waals surface area contributed by atoms with Crippen LogP contribution in [0.5, 0.6) is 0 Å². The van der Waals surface area contributed by atoms with Gasteiger partial charge in [-0.15, -0.1) is 0 Å². The third kappa shape index (κ3) is 4.40. The van der Waals surface area contributed by atoms with E-state index in [1.54, 1.807) is 24.3 Å². The molecule has 25 heavy (non-hydrogen) atoms. The standard InChI is InChI=1S/C18H26N2O4S/c1-15-3-5-16(6-4-15)25(22,23)19-10-2-11-20-13-18(8-7-17(20)21)9-12-24-14-18/h3-6,19H,2,7-14H2,1H3/t18-/m1/s1. The van der Waals surface area contributed by atoms with Gasteiger partial charge in [0, 0.05) is 38.1 Å². The molecule has 0 radical (unpaired) electrons. The Morgan fingerprint density at radius 3 is 2.68 bits per heavy atom. The van der Waals surface area contributed by atoms with Gasteiger partial charge in [-0.1, -0.05) is 17.7 Å². The number of rotatable bonds is 6. The summed E-state index contributed by atoms with van der Waals surface area (Å²) in [5, 5.41) is 0. The maximum absolute atomic E-state index is 12.3. The Bertz CT molecular complexity index is 709.